The average Bonchev–Trinajstić information content (AvgIpc) is 2.27. The van der Waals surface area contributed by atoms with Gasteiger partial charge in [0.1, 0.15) is 5.54 Å². The molecule has 1 aliphatic rings. The molecule has 1 fully saturated rings. The van der Waals surface area contributed by atoms with Crippen molar-refractivity contribution >= 4 is 5.97 Å². The van der Waals surface area contributed by atoms with Gasteiger partial charge in [-0.05, 0) is 44.1 Å². The Labute approximate surface area is 98.9 Å². The zero-order chi connectivity index (χ0) is 12.2. The van der Waals surface area contributed by atoms with Gasteiger partial charge in [0.05, 0.1) is 7.11 Å². The topological polar surface area (TPSA) is 38.3 Å². The molecular weight excluding hydrogens is 202 g/mol. The third-order valence-electron chi connectivity index (χ3n) is 3.87. The Morgan fingerprint density at radius 2 is 2.19 bits per heavy atom. The van der Waals surface area contributed by atoms with Crippen LogP contribution in [0, 0.1) is 11.8 Å². The molecule has 3 nitrogen and oxygen atoms in total. The molecule has 0 bridgehead atoms. The van der Waals surface area contributed by atoms with E-state index in [1.165, 1.54) is 7.11 Å². The third-order valence-corrected chi connectivity index (χ3v) is 3.87. The van der Waals surface area contributed by atoms with E-state index >= 15 is 0 Å². The van der Waals surface area contributed by atoms with Gasteiger partial charge < -0.3 is 10.1 Å². The fourth-order valence-corrected chi connectivity index (χ4v) is 2.81. The molecule has 0 aliphatic heterocycles. The summed E-state index contributed by atoms with van der Waals surface area (Å²) in [6.45, 7) is 7.43. The van der Waals surface area contributed by atoms with Crippen LogP contribution in [0.4, 0.5) is 0 Å². The molecule has 3 atom stereocenters. The Morgan fingerprint density at radius 3 is 2.69 bits per heavy atom. The number of hydrogen-bond acceptors (Lipinski definition) is 3. The van der Waals surface area contributed by atoms with E-state index in [0.717, 1.165) is 38.1 Å². The molecule has 1 rings (SSSR count). The van der Waals surface area contributed by atoms with Crippen LogP contribution in [0.25, 0.3) is 0 Å². The zero-order valence-electron chi connectivity index (χ0n) is 11.0. The number of esters is 1. The number of carbonyl (C=O) groups excluding carboxylic acids is 1. The van der Waals surface area contributed by atoms with Crippen LogP contribution in [0.2, 0.25) is 0 Å². The maximum Gasteiger partial charge on any atom is 0.326 e. The van der Waals surface area contributed by atoms with Crippen molar-refractivity contribution in [3.63, 3.8) is 0 Å². The molecule has 3 heteroatoms. The van der Waals surface area contributed by atoms with Gasteiger partial charge in [-0.3, -0.25) is 4.79 Å². The first kappa shape index (κ1) is 13.5. The second-order valence-electron chi connectivity index (χ2n) is 5.17. The van der Waals surface area contributed by atoms with Crippen molar-refractivity contribution in [3.05, 3.63) is 0 Å². The summed E-state index contributed by atoms with van der Waals surface area (Å²) in [4.78, 5) is 12.0. The van der Waals surface area contributed by atoms with Crippen LogP contribution in [0.3, 0.4) is 0 Å². The molecule has 0 aromatic heterocycles. The van der Waals surface area contributed by atoms with E-state index in [1.54, 1.807) is 0 Å². The molecule has 0 heterocycles. The van der Waals surface area contributed by atoms with E-state index in [0.29, 0.717) is 5.92 Å². The van der Waals surface area contributed by atoms with Crippen molar-refractivity contribution in [1.82, 2.24) is 5.32 Å². The van der Waals surface area contributed by atoms with Gasteiger partial charge >= 0.3 is 5.97 Å². The lowest BCUT2D eigenvalue weighted by molar-refractivity contribution is -0.153. The summed E-state index contributed by atoms with van der Waals surface area (Å²) in [5.41, 5.74) is -0.433. The number of nitrogens with one attached hydrogen (secondary N) is 1. The minimum Gasteiger partial charge on any atom is -0.468 e. The Balaban J connectivity index is 2.81. The molecular formula is C13H25NO2. The van der Waals surface area contributed by atoms with Gasteiger partial charge in [-0.25, -0.2) is 0 Å². The maximum atomic E-state index is 12.0. The summed E-state index contributed by atoms with van der Waals surface area (Å²) in [6, 6.07) is 0. The van der Waals surface area contributed by atoms with Crippen molar-refractivity contribution in [2.45, 2.75) is 52.0 Å². The minimum atomic E-state index is -0.433. The lowest BCUT2D eigenvalue weighted by atomic mass is 9.70. The summed E-state index contributed by atoms with van der Waals surface area (Å²) in [7, 11) is 1.49. The molecule has 16 heavy (non-hydrogen) atoms. The fraction of sp³-hybridized carbons (Fsp3) is 0.923. The van der Waals surface area contributed by atoms with Crippen LogP contribution < -0.4 is 5.32 Å². The van der Waals surface area contributed by atoms with Crippen LogP contribution >= 0.6 is 0 Å². The largest absolute Gasteiger partial charge is 0.468 e. The smallest absolute Gasteiger partial charge is 0.326 e. The predicted octanol–water partition coefficient (Wildman–Crippen LogP) is 2.35. The first-order chi connectivity index (χ1) is 7.56. The first-order valence-electron chi connectivity index (χ1n) is 6.40. The quantitative estimate of drug-likeness (QED) is 0.749. The number of methoxy groups -OCH3 is 1. The standard InChI is InChI=1S/C13H25NO2/c1-5-8-14-13(12(15)16-4)7-6-10(2)9-11(13)3/h10-11,14H,5-9H2,1-4H3. The van der Waals surface area contributed by atoms with E-state index < -0.39 is 5.54 Å². The summed E-state index contributed by atoms with van der Waals surface area (Å²) in [5, 5.41) is 3.43. The van der Waals surface area contributed by atoms with Crippen molar-refractivity contribution in [1.29, 1.82) is 0 Å². The van der Waals surface area contributed by atoms with Gasteiger partial charge in [-0.2, -0.15) is 0 Å². The summed E-state index contributed by atoms with van der Waals surface area (Å²) >= 11 is 0. The summed E-state index contributed by atoms with van der Waals surface area (Å²) in [5.74, 6) is 0.992. The van der Waals surface area contributed by atoms with E-state index in [1.807, 2.05) is 0 Å². The van der Waals surface area contributed by atoms with E-state index in [-0.39, 0.29) is 5.97 Å². The lowest BCUT2D eigenvalue weighted by Crippen LogP contribution is -2.59. The third kappa shape index (κ3) is 2.57. The van der Waals surface area contributed by atoms with Gasteiger partial charge in [-0.1, -0.05) is 20.8 Å². The molecule has 1 saturated carbocycles. The van der Waals surface area contributed by atoms with Gasteiger partial charge in [0, 0.05) is 0 Å². The monoisotopic (exact) mass is 227 g/mol. The van der Waals surface area contributed by atoms with Gasteiger partial charge in [0.2, 0.25) is 0 Å². The highest BCUT2D eigenvalue weighted by molar-refractivity contribution is 5.81. The molecule has 0 amide bonds. The molecule has 1 N–H and O–H groups in total. The van der Waals surface area contributed by atoms with Crippen LogP contribution in [-0.4, -0.2) is 25.2 Å². The Hall–Kier alpha value is -0.570. The maximum absolute atomic E-state index is 12.0. The molecule has 3 unspecified atom stereocenters. The number of rotatable bonds is 4. The van der Waals surface area contributed by atoms with Gasteiger partial charge in [-0.15, -0.1) is 0 Å². The molecule has 0 aromatic rings. The van der Waals surface area contributed by atoms with Crippen molar-refractivity contribution in [2.24, 2.45) is 11.8 Å². The van der Waals surface area contributed by atoms with Crippen LogP contribution in [0.5, 0.6) is 0 Å². The molecule has 94 valence electrons. The highest BCUT2D eigenvalue weighted by Gasteiger charge is 2.46. The van der Waals surface area contributed by atoms with Crippen molar-refractivity contribution in [3.8, 4) is 0 Å². The Bertz CT molecular complexity index is 238. The normalized spacial score (nSPS) is 34.8. The van der Waals surface area contributed by atoms with Crippen molar-refractivity contribution < 1.29 is 9.53 Å². The van der Waals surface area contributed by atoms with Crippen LogP contribution in [0.1, 0.15) is 46.5 Å². The lowest BCUT2D eigenvalue weighted by Gasteiger charge is -2.43. The van der Waals surface area contributed by atoms with E-state index in [4.69, 9.17) is 4.74 Å². The van der Waals surface area contributed by atoms with Crippen LogP contribution in [-0.2, 0) is 9.53 Å². The highest BCUT2D eigenvalue weighted by atomic mass is 16.5. The molecule has 0 saturated heterocycles. The van der Waals surface area contributed by atoms with Crippen LogP contribution in [0.15, 0.2) is 0 Å². The number of ether oxygens (including phenoxy) is 1. The predicted molar refractivity (Wildman–Crippen MR) is 65.2 cm³/mol. The Morgan fingerprint density at radius 1 is 1.50 bits per heavy atom. The summed E-state index contributed by atoms with van der Waals surface area (Å²) in [6.07, 6.45) is 4.16. The molecule has 0 aromatic carbocycles. The van der Waals surface area contributed by atoms with E-state index in [9.17, 15) is 4.79 Å². The highest BCUT2D eigenvalue weighted by Crippen LogP contribution is 2.37. The fourth-order valence-electron chi connectivity index (χ4n) is 2.81. The second-order valence-corrected chi connectivity index (χ2v) is 5.17. The van der Waals surface area contributed by atoms with Crippen molar-refractivity contribution in [2.75, 3.05) is 13.7 Å². The minimum absolute atomic E-state index is 0.0830. The molecule has 0 radical (unpaired) electrons. The molecule has 1 aliphatic carbocycles. The number of carbonyl (C=O) groups is 1. The summed E-state index contributed by atoms with van der Waals surface area (Å²) < 4.78 is 4.99. The first-order valence-corrected chi connectivity index (χ1v) is 6.40. The SMILES string of the molecule is CCCNC1(C(=O)OC)CCC(C)CC1C. The van der Waals surface area contributed by atoms with E-state index in [2.05, 4.69) is 26.1 Å². The molecule has 0 spiro atoms. The van der Waals surface area contributed by atoms with Gasteiger partial charge in [0.15, 0.2) is 0 Å². The number of hydrogen-bond donors (Lipinski definition) is 1. The Kier molecular flexibility index (Phi) is 4.78. The zero-order valence-corrected chi connectivity index (χ0v) is 11.0. The average molecular weight is 227 g/mol. The van der Waals surface area contributed by atoms with Gasteiger partial charge in [0.25, 0.3) is 0 Å². The second kappa shape index (κ2) is 5.67.